The quantitative estimate of drug-likeness (QED) is 0.842. The minimum Gasteiger partial charge on any atom is -0.484 e. The number of amides is 1. The first kappa shape index (κ1) is 16.9. The van der Waals surface area contributed by atoms with Crippen molar-refractivity contribution in [2.75, 3.05) is 17.7 Å². The number of anilines is 2. The van der Waals surface area contributed by atoms with E-state index in [1.54, 1.807) is 6.07 Å². The zero-order valence-corrected chi connectivity index (χ0v) is 14.1. The summed E-state index contributed by atoms with van der Waals surface area (Å²) in [6, 6.07) is 13.3. The molecule has 0 fully saturated rings. The van der Waals surface area contributed by atoms with Crippen molar-refractivity contribution in [2.24, 2.45) is 0 Å². The summed E-state index contributed by atoms with van der Waals surface area (Å²) in [5, 5.41) is 2.81. The molecule has 0 heterocycles. The molecule has 0 bridgehead atoms. The third kappa shape index (κ3) is 4.49. The Kier molecular flexibility index (Phi) is 4.94. The number of carbonyl (C=O) groups excluding carboxylic acids is 1. The van der Waals surface area contributed by atoms with E-state index in [1.807, 2.05) is 43.3 Å². The summed E-state index contributed by atoms with van der Waals surface area (Å²) in [7, 11) is 0. The fourth-order valence-corrected chi connectivity index (χ4v) is 2.18. The van der Waals surface area contributed by atoms with Gasteiger partial charge in [0.15, 0.2) is 6.61 Å². The van der Waals surface area contributed by atoms with Crippen molar-refractivity contribution in [3.63, 3.8) is 0 Å². The van der Waals surface area contributed by atoms with Crippen LogP contribution in [0.15, 0.2) is 42.5 Å². The molecule has 0 spiro atoms. The molecular formula is C19H24N2O2. The first-order valence-corrected chi connectivity index (χ1v) is 7.65. The van der Waals surface area contributed by atoms with Crippen LogP contribution in [0.25, 0.3) is 0 Å². The summed E-state index contributed by atoms with van der Waals surface area (Å²) >= 11 is 0. The van der Waals surface area contributed by atoms with Gasteiger partial charge in [0.25, 0.3) is 5.91 Å². The van der Waals surface area contributed by atoms with E-state index >= 15 is 0 Å². The standard InChI is InChI=1S/C19H24N2O2/c1-13-16(20)6-5-7-17(13)21-18(22)12-23-15-10-8-14(9-11-15)19(2,3)4/h5-11H,12,20H2,1-4H3,(H,21,22). The van der Waals surface area contributed by atoms with Crippen molar-refractivity contribution >= 4 is 17.3 Å². The SMILES string of the molecule is Cc1c(N)cccc1NC(=O)COc1ccc(C(C)(C)C)cc1. The Morgan fingerprint density at radius 2 is 1.78 bits per heavy atom. The predicted octanol–water partition coefficient (Wildman–Crippen LogP) is 3.89. The van der Waals surface area contributed by atoms with Gasteiger partial charge < -0.3 is 15.8 Å². The van der Waals surface area contributed by atoms with Crippen LogP contribution in [0.1, 0.15) is 31.9 Å². The summed E-state index contributed by atoms with van der Waals surface area (Å²) in [5.41, 5.74) is 9.37. The molecule has 4 heteroatoms. The van der Waals surface area contributed by atoms with E-state index in [-0.39, 0.29) is 17.9 Å². The van der Waals surface area contributed by atoms with Crippen LogP contribution in [0.5, 0.6) is 5.75 Å². The predicted molar refractivity (Wildman–Crippen MR) is 94.9 cm³/mol. The lowest BCUT2D eigenvalue weighted by molar-refractivity contribution is -0.118. The molecule has 0 unspecified atom stereocenters. The lowest BCUT2D eigenvalue weighted by atomic mass is 9.87. The normalized spacial score (nSPS) is 11.1. The summed E-state index contributed by atoms with van der Waals surface area (Å²) < 4.78 is 5.53. The van der Waals surface area contributed by atoms with Gasteiger partial charge in [-0.05, 0) is 47.7 Å². The van der Waals surface area contributed by atoms with Crippen LogP contribution in [-0.2, 0) is 10.2 Å². The van der Waals surface area contributed by atoms with Crippen LogP contribution in [0.4, 0.5) is 11.4 Å². The highest BCUT2D eigenvalue weighted by atomic mass is 16.5. The van der Waals surface area contributed by atoms with E-state index in [0.29, 0.717) is 17.1 Å². The maximum atomic E-state index is 12.0. The highest BCUT2D eigenvalue weighted by Crippen LogP contribution is 2.24. The molecule has 2 aromatic carbocycles. The minimum absolute atomic E-state index is 0.0386. The highest BCUT2D eigenvalue weighted by molar-refractivity contribution is 5.93. The van der Waals surface area contributed by atoms with E-state index in [9.17, 15) is 4.79 Å². The number of ether oxygens (including phenoxy) is 1. The first-order chi connectivity index (χ1) is 10.8. The van der Waals surface area contributed by atoms with Gasteiger partial charge in [-0.1, -0.05) is 39.0 Å². The fraction of sp³-hybridized carbons (Fsp3) is 0.316. The van der Waals surface area contributed by atoms with Crippen LogP contribution in [0.3, 0.4) is 0 Å². The van der Waals surface area contributed by atoms with Crippen LogP contribution in [-0.4, -0.2) is 12.5 Å². The molecule has 0 aliphatic carbocycles. The van der Waals surface area contributed by atoms with Crippen molar-refractivity contribution in [3.05, 3.63) is 53.6 Å². The van der Waals surface area contributed by atoms with Crippen LogP contribution >= 0.6 is 0 Å². The van der Waals surface area contributed by atoms with E-state index in [1.165, 1.54) is 5.56 Å². The fourth-order valence-electron chi connectivity index (χ4n) is 2.18. The highest BCUT2D eigenvalue weighted by Gasteiger charge is 2.13. The van der Waals surface area contributed by atoms with Gasteiger partial charge in [0.1, 0.15) is 5.75 Å². The van der Waals surface area contributed by atoms with Crippen LogP contribution < -0.4 is 15.8 Å². The molecule has 1 amide bonds. The van der Waals surface area contributed by atoms with Crippen molar-refractivity contribution in [1.29, 1.82) is 0 Å². The number of hydrogen-bond donors (Lipinski definition) is 2. The number of benzene rings is 2. The summed E-state index contributed by atoms with van der Waals surface area (Å²) in [6.45, 7) is 8.30. The summed E-state index contributed by atoms with van der Waals surface area (Å²) in [6.07, 6.45) is 0. The van der Waals surface area contributed by atoms with E-state index in [2.05, 4.69) is 26.1 Å². The number of hydrogen-bond acceptors (Lipinski definition) is 3. The number of nitrogens with one attached hydrogen (secondary N) is 1. The van der Waals surface area contributed by atoms with Crippen LogP contribution in [0, 0.1) is 6.92 Å². The molecule has 0 saturated carbocycles. The van der Waals surface area contributed by atoms with E-state index in [0.717, 1.165) is 5.56 Å². The zero-order chi connectivity index (χ0) is 17.0. The molecular weight excluding hydrogens is 288 g/mol. The number of carbonyl (C=O) groups is 1. The summed E-state index contributed by atoms with van der Waals surface area (Å²) in [4.78, 5) is 12.0. The third-order valence-electron chi connectivity index (χ3n) is 3.74. The number of rotatable bonds is 4. The molecule has 0 radical (unpaired) electrons. The van der Waals surface area contributed by atoms with Crippen molar-refractivity contribution in [2.45, 2.75) is 33.1 Å². The molecule has 0 saturated heterocycles. The average Bonchev–Trinajstić information content (AvgIpc) is 2.49. The Balaban J connectivity index is 1.93. The molecule has 0 aliphatic rings. The third-order valence-corrected chi connectivity index (χ3v) is 3.74. The molecule has 0 aromatic heterocycles. The maximum absolute atomic E-state index is 12.0. The topological polar surface area (TPSA) is 64.3 Å². The van der Waals surface area contributed by atoms with Gasteiger partial charge in [0.05, 0.1) is 0 Å². The minimum atomic E-state index is -0.210. The monoisotopic (exact) mass is 312 g/mol. The number of nitrogen functional groups attached to an aromatic ring is 1. The van der Waals surface area contributed by atoms with Gasteiger partial charge in [-0.25, -0.2) is 0 Å². The van der Waals surface area contributed by atoms with E-state index in [4.69, 9.17) is 10.5 Å². The number of nitrogens with two attached hydrogens (primary N) is 1. The Bertz CT molecular complexity index is 686. The molecule has 2 aromatic rings. The molecule has 0 atom stereocenters. The lowest BCUT2D eigenvalue weighted by Gasteiger charge is -2.19. The second-order valence-electron chi connectivity index (χ2n) is 6.63. The molecule has 2 rings (SSSR count). The Morgan fingerprint density at radius 1 is 1.13 bits per heavy atom. The summed E-state index contributed by atoms with van der Waals surface area (Å²) in [5.74, 6) is 0.469. The van der Waals surface area contributed by atoms with Gasteiger partial charge >= 0.3 is 0 Å². The lowest BCUT2D eigenvalue weighted by Crippen LogP contribution is -2.21. The average molecular weight is 312 g/mol. The molecule has 122 valence electrons. The first-order valence-electron chi connectivity index (χ1n) is 7.65. The Labute approximate surface area is 137 Å². The van der Waals surface area contributed by atoms with Crippen molar-refractivity contribution in [1.82, 2.24) is 0 Å². The van der Waals surface area contributed by atoms with Crippen molar-refractivity contribution < 1.29 is 9.53 Å². The molecule has 0 aliphatic heterocycles. The Morgan fingerprint density at radius 3 is 2.39 bits per heavy atom. The van der Waals surface area contributed by atoms with Gasteiger partial charge in [0, 0.05) is 11.4 Å². The molecule has 3 N–H and O–H groups in total. The van der Waals surface area contributed by atoms with Crippen LogP contribution in [0.2, 0.25) is 0 Å². The van der Waals surface area contributed by atoms with Gasteiger partial charge in [-0.3, -0.25) is 4.79 Å². The molecule has 23 heavy (non-hydrogen) atoms. The van der Waals surface area contributed by atoms with Gasteiger partial charge in [-0.2, -0.15) is 0 Å². The Hall–Kier alpha value is -2.49. The second-order valence-corrected chi connectivity index (χ2v) is 6.63. The maximum Gasteiger partial charge on any atom is 0.262 e. The van der Waals surface area contributed by atoms with Gasteiger partial charge in [-0.15, -0.1) is 0 Å². The molecule has 4 nitrogen and oxygen atoms in total. The smallest absolute Gasteiger partial charge is 0.262 e. The second kappa shape index (κ2) is 6.73. The van der Waals surface area contributed by atoms with Crippen molar-refractivity contribution in [3.8, 4) is 5.75 Å². The van der Waals surface area contributed by atoms with E-state index < -0.39 is 0 Å². The van der Waals surface area contributed by atoms with Gasteiger partial charge in [0.2, 0.25) is 0 Å². The zero-order valence-electron chi connectivity index (χ0n) is 14.1. The largest absolute Gasteiger partial charge is 0.484 e.